The number of hydrogen-bond donors (Lipinski definition) is 1. The minimum atomic E-state index is 0.449. The molecule has 1 aromatic heterocycles. The zero-order chi connectivity index (χ0) is 12.4. The van der Waals surface area contributed by atoms with E-state index in [2.05, 4.69) is 35.0 Å². The third-order valence-corrected chi connectivity index (χ3v) is 3.54. The molecule has 0 saturated heterocycles. The minimum absolute atomic E-state index is 0.449. The fraction of sp³-hybridized carbons (Fsp3) is 0.333. The van der Waals surface area contributed by atoms with Crippen LogP contribution in [0.2, 0.25) is 0 Å². The summed E-state index contributed by atoms with van der Waals surface area (Å²) < 4.78 is 8.02. The molecule has 3 heteroatoms. The van der Waals surface area contributed by atoms with Crippen LogP contribution in [0.3, 0.4) is 0 Å². The van der Waals surface area contributed by atoms with Gasteiger partial charge in [-0.15, -0.1) is 0 Å². The van der Waals surface area contributed by atoms with Gasteiger partial charge in [0.1, 0.15) is 5.75 Å². The number of fused-ring (bicyclic) bond motifs is 1. The van der Waals surface area contributed by atoms with E-state index < -0.39 is 0 Å². The lowest BCUT2D eigenvalue weighted by Gasteiger charge is -2.13. The fourth-order valence-electron chi connectivity index (χ4n) is 2.62. The second-order valence-corrected chi connectivity index (χ2v) is 4.74. The second-order valence-electron chi connectivity index (χ2n) is 4.74. The highest BCUT2D eigenvalue weighted by Crippen LogP contribution is 2.34. The van der Waals surface area contributed by atoms with Crippen LogP contribution in [0, 0.1) is 0 Å². The van der Waals surface area contributed by atoms with Gasteiger partial charge in [0.25, 0.3) is 0 Å². The van der Waals surface area contributed by atoms with Crippen molar-refractivity contribution in [1.82, 2.24) is 4.57 Å². The van der Waals surface area contributed by atoms with Crippen molar-refractivity contribution in [3.63, 3.8) is 0 Å². The van der Waals surface area contributed by atoms with Crippen LogP contribution < -0.4 is 10.5 Å². The first-order chi connectivity index (χ1) is 8.88. The molecule has 0 bridgehead atoms. The summed E-state index contributed by atoms with van der Waals surface area (Å²) in [5.41, 5.74) is 8.27. The van der Waals surface area contributed by atoms with Crippen molar-refractivity contribution in [1.29, 1.82) is 0 Å². The minimum Gasteiger partial charge on any atom is -0.493 e. The van der Waals surface area contributed by atoms with Gasteiger partial charge in [0.2, 0.25) is 0 Å². The van der Waals surface area contributed by atoms with Gasteiger partial charge in [-0.05, 0) is 31.2 Å². The van der Waals surface area contributed by atoms with Crippen molar-refractivity contribution in [2.75, 3.05) is 13.2 Å². The molecule has 0 spiro atoms. The van der Waals surface area contributed by atoms with Crippen LogP contribution in [0.1, 0.15) is 17.2 Å². The summed E-state index contributed by atoms with van der Waals surface area (Å²) in [5.74, 6) is 1.49. The van der Waals surface area contributed by atoms with E-state index in [4.69, 9.17) is 10.5 Å². The van der Waals surface area contributed by atoms with E-state index in [1.807, 2.05) is 12.1 Å². The first-order valence-electron chi connectivity index (χ1n) is 6.44. The summed E-state index contributed by atoms with van der Waals surface area (Å²) in [7, 11) is 0. The van der Waals surface area contributed by atoms with Gasteiger partial charge in [0, 0.05) is 29.9 Å². The highest BCUT2D eigenvalue weighted by atomic mass is 16.5. The smallest absolute Gasteiger partial charge is 0.122 e. The van der Waals surface area contributed by atoms with Crippen LogP contribution in [0.25, 0.3) is 0 Å². The first-order valence-corrected chi connectivity index (χ1v) is 6.44. The molecule has 94 valence electrons. The first kappa shape index (κ1) is 11.4. The highest BCUT2D eigenvalue weighted by Gasteiger charge is 2.24. The summed E-state index contributed by atoms with van der Waals surface area (Å²) >= 11 is 0. The van der Waals surface area contributed by atoms with Gasteiger partial charge < -0.3 is 15.0 Å². The third-order valence-electron chi connectivity index (χ3n) is 3.54. The second kappa shape index (κ2) is 4.86. The van der Waals surface area contributed by atoms with E-state index >= 15 is 0 Å². The zero-order valence-electron chi connectivity index (χ0n) is 10.4. The molecule has 2 aromatic rings. The van der Waals surface area contributed by atoms with E-state index in [0.717, 1.165) is 25.3 Å². The number of rotatable bonds is 4. The van der Waals surface area contributed by atoms with Gasteiger partial charge in [-0.1, -0.05) is 18.2 Å². The Balaban J connectivity index is 1.80. The molecule has 0 radical (unpaired) electrons. The van der Waals surface area contributed by atoms with Crippen LogP contribution in [0.15, 0.2) is 42.6 Å². The standard InChI is InChI=1S/C15H18N2O/c16-8-7-13-4-3-9-17(13)10-12-11-18-15-6-2-1-5-14(12)15/h1-6,9,12H,7-8,10-11,16H2. The molecule has 18 heavy (non-hydrogen) atoms. The van der Waals surface area contributed by atoms with Crippen molar-refractivity contribution in [2.45, 2.75) is 18.9 Å². The molecule has 1 atom stereocenters. The molecule has 1 unspecified atom stereocenters. The van der Waals surface area contributed by atoms with E-state index in [0.29, 0.717) is 12.5 Å². The zero-order valence-corrected chi connectivity index (χ0v) is 10.4. The summed E-state index contributed by atoms with van der Waals surface area (Å²) in [6.45, 7) is 2.45. The monoisotopic (exact) mass is 242 g/mol. The Morgan fingerprint density at radius 2 is 2.11 bits per heavy atom. The summed E-state index contributed by atoms with van der Waals surface area (Å²) in [6.07, 6.45) is 3.06. The number of para-hydroxylation sites is 1. The Morgan fingerprint density at radius 1 is 1.22 bits per heavy atom. The van der Waals surface area contributed by atoms with Crippen molar-refractivity contribution in [3.8, 4) is 5.75 Å². The quantitative estimate of drug-likeness (QED) is 0.892. The molecule has 3 rings (SSSR count). The topological polar surface area (TPSA) is 40.2 Å². The van der Waals surface area contributed by atoms with E-state index in [1.165, 1.54) is 11.3 Å². The van der Waals surface area contributed by atoms with Gasteiger partial charge in [0.05, 0.1) is 6.61 Å². The van der Waals surface area contributed by atoms with Gasteiger partial charge in [-0.2, -0.15) is 0 Å². The number of benzene rings is 1. The molecule has 0 aliphatic carbocycles. The average molecular weight is 242 g/mol. The Morgan fingerprint density at radius 3 is 3.00 bits per heavy atom. The SMILES string of the molecule is NCCc1cccn1CC1COc2ccccc21. The van der Waals surface area contributed by atoms with E-state index in [9.17, 15) is 0 Å². The van der Waals surface area contributed by atoms with Crippen molar-refractivity contribution < 1.29 is 4.74 Å². The van der Waals surface area contributed by atoms with Crippen LogP contribution in [-0.4, -0.2) is 17.7 Å². The van der Waals surface area contributed by atoms with Gasteiger partial charge >= 0.3 is 0 Å². The number of aromatic nitrogens is 1. The normalized spacial score (nSPS) is 17.5. The maximum Gasteiger partial charge on any atom is 0.122 e. The van der Waals surface area contributed by atoms with Crippen LogP contribution >= 0.6 is 0 Å². The summed E-state index contributed by atoms with van der Waals surface area (Å²) in [6, 6.07) is 12.6. The number of ether oxygens (including phenoxy) is 1. The van der Waals surface area contributed by atoms with Crippen LogP contribution in [0.5, 0.6) is 5.75 Å². The molecular formula is C15H18N2O. The maximum absolute atomic E-state index is 5.72. The molecule has 3 nitrogen and oxygen atoms in total. The molecule has 1 aliphatic heterocycles. The number of nitrogens with zero attached hydrogens (tertiary/aromatic N) is 1. The summed E-state index contributed by atoms with van der Waals surface area (Å²) in [4.78, 5) is 0. The average Bonchev–Trinajstić information content (AvgIpc) is 2.99. The molecule has 1 aliphatic rings. The Kier molecular flexibility index (Phi) is 3.07. The van der Waals surface area contributed by atoms with Crippen molar-refractivity contribution in [3.05, 3.63) is 53.9 Å². The molecule has 1 aromatic carbocycles. The van der Waals surface area contributed by atoms with E-state index in [-0.39, 0.29) is 0 Å². The molecular weight excluding hydrogens is 224 g/mol. The lowest BCUT2D eigenvalue weighted by molar-refractivity contribution is 0.318. The fourth-order valence-corrected chi connectivity index (χ4v) is 2.62. The Hall–Kier alpha value is -1.74. The van der Waals surface area contributed by atoms with E-state index in [1.54, 1.807) is 0 Å². The number of hydrogen-bond acceptors (Lipinski definition) is 2. The lowest BCUT2D eigenvalue weighted by Crippen LogP contribution is -2.14. The Bertz CT molecular complexity index is 533. The predicted octanol–water partition coefficient (Wildman–Crippen LogP) is 2.17. The Labute approximate surface area is 107 Å². The number of nitrogens with two attached hydrogens (primary N) is 1. The third kappa shape index (κ3) is 2.02. The van der Waals surface area contributed by atoms with Crippen molar-refractivity contribution in [2.24, 2.45) is 5.73 Å². The molecule has 0 amide bonds. The van der Waals surface area contributed by atoms with Gasteiger partial charge in [0.15, 0.2) is 0 Å². The van der Waals surface area contributed by atoms with Crippen molar-refractivity contribution >= 4 is 0 Å². The molecule has 0 fully saturated rings. The molecule has 2 N–H and O–H groups in total. The molecule has 0 saturated carbocycles. The highest BCUT2D eigenvalue weighted by molar-refractivity contribution is 5.39. The summed E-state index contributed by atoms with van der Waals surface area (Å²) in [5, 5.41) is 0. The maximum atomic E-state index is 5.72. The predicted molar refractivity (Wildman–Crippen MR) is 71.9 cm³/mol. The molecule has 2 heterocycles. The lowest BCUT2D eigenvalue weighted by atomic mass is 10.0. The van der Waals surface area contributed by atoms with Crippen LogP contribution in [0.4, 0.5) is 0 Å². The van der Waals surface area contributed by atoms with Gasteiger partial charge in [-0.25, -0.2) is 0 Å². The largest absolute Gasteiger partial charge is 0.493 e. The van der Waals surface area contributed by atoms with Gasteiger partial charge in [-0.3, -0.25) is 0 Å². The van der Waals surface area contributed by atoms with Crippen LogP contribution in [-0.2, 0) is 13.0 Å².